The van der Waals surface area contributed by atoms with Gasteiger partial charge in [-0.05, 0) is 12.1 Å². The van der Waals surface area contributed by atoms with Crippen molar-refractivity contribution in [1.82, 2.24) is 5.16 Å². The monoisotopic (exact) mass is 230 g/mol. The van der Waals surface area contributed by atoms with Gasteiger partial charge in [-0.3, -0.25) is 0 Å². The molecule has 3 rings (SSSR count). The van der Waals surface area contributed by atoms with Gasteiger partial charge in [0.2, 0.25) is 5.76 Å². The first-order valence-electron chi connectivity index (χ1n) is 5.06. The number of furan rings is 1. The first-order chi connectivity index (χ1) is 8.29. The molecule has 2 aromatic heterocycles. The molecule has 0 radical (unpaired) electrons. The number of methoxy groups -OCH3 is 1. The minimum atomic E-state index is 0.434. The number of aromatic nitrogens is 1. The fourth-order valence-electron chi connectivity index (χ4n) is 1.74. The number of ether oxygens (including phenoxy) is 1. The highest BCUT2D eigenvalue weighted by Gasteiger charge is 2.15. The standard InChI is InChI=1S/C12H10N2O3/c1-15-9-4-2-3-7-5-10(16-11(7)9)12-8(13)6-14-17-12/h2-6H,13H2,1H3. The largest absolute Gasteiger partial charge is 0.493 e. The van der Waals surface area contributed by atoms with E-state index in [-0.39, 0.29) is 0 Å². The number of benzene rings is 1. The molecule has 2 N–H and O–H groups in total. The summed E-state index contributed by atoms with van der Waals surface area (Å²) in [7, 11) is 1.60. The molecule has 17 heavy (non-hydrogen) atoms. The third-order valence-corrected chi connectivity index (χ3v) is 2.55. The average molecular weight is 230 g/mol. The Morgan fingerprint density at radius 3 is 2.94 bits per heavy atom. The first-order valence-corrected chi connectivity index (χ1v) is 5.06. The average Bonchev–Trinajstić information content (AvgIpc) is 2.93. The molecule has 86 valence electrons. The highest BCUT2D eigenvalue weighted by atomic mass is 16.5. The molecule has 0 unspecified atom stereocenters. The molecule has 5 nitrogen and oxygen atoms in total. The zero-order valence-electron chi connectivity index (χ0n) is 9.14. The van der Waals surface area contributed by atoms with Crippen molar-refractivity contribution < 1.29 is 13.7 Å². The summed E-state index contributed by atoms with van der Waals surface area (Å²) in [4.78, 5) is 0. The van der Waals surface area contributed by atoms with Crippen LogP contribution in [0.25, 0.3) is 22.5 Å². The predicted molar refractivity (Wildman–Crippen MR) is 62.7 cm³/mol. The second kappa shape index (κ2) is 3.55. The summed E-state index contributed by atoms with van der Waals surface area (Å²) < 4.78 is 15.9. The van der Waals surface area contributed by atoms with Gasteiger partial charge < -0.3 is 19.4 Å². The lowest BCUT2D eigenvalue weighted by molar-refractivity contribution is 0.405. The molecule has 1 aromatic carbocycles. The van der Waals surface area contributed by atoms with E-state index >= 15 is 0 Å². The SMILES string of the molecule is COc1cccc2cc(-c3oncc3N)oc12. The molecule has 0 saturated heterocycles. The van der Waals surface area contributed by atoms with E-state index in [1.165, 1.54) is 6.20 Å². The van der Waals surface area contributed by atoms with Gasteiger partial charge in [-0.25, -0.2) is 0 Å². The zero-order chi connectivity index (χ0) is 11.8. The molecular formula is C12H10N2O3. The minimum absolute atomic E-state index is 0.434. The molecule has 0 aliphatic carbocycles. The fourth-order valence-corrected chi connectivity index (χ4v) is 1.74. The van der Waals surface area contributed by atoms with Crippen molar-refractivity contribution in [3.8, 4) is 17.3 Å². The van der Waals surface area contributed by atoms with Gasteiger partial charge in [0.1, 0.15) is 5.69 Å². The first kappa shape index (κ1) is 9.77. The molecule has 2 heterocycles. The third-order valence-electron chi connectivity index (χ3n) is 2.55. The number of fused-ring (bicyclic) bond motifs is 1. The molecule has 0 fully saturated rings. The van der Waals surface area contributed by atoms with Gasteiger partial charge in [-0.15, -0.1) is 0 Å². The second-order valence-electron chi connectivity index (χ2n) is 3.60. The molecule has 3 aromatic rings. The van der Waals surface area contributed by atoms with Crippen molar-refractivity contribution >= 4 is 16.7 Å². The van der Waals surface area contributed by atoms with Crippen LogP contribution in [0.3, 0.4) is 0 Å². The number of anilines is 1. The van der Waals surface area contributed by atoms with Crippen LogP contribution in [0.4, 0.5) is 5.69 Å². The van der Waals surface area contributed by atoms with Crippen LogP contribution in [0.2, 0.25) is 0 Å². The van der Waals surface area contributed by atoms with Crippen LogP contribution in [-0.2, 0) is 0 Å². The number of hydrogen-bond donors (Lipinski definition) is 1. The number of rotatable bonds is 2. The third kappa shape index (κ3) is 1.44. The van der Waals surface area contributed by atoms with Crippen molar-refractivity contribution in [1.29, 1.82) is 0 Å². The molecule has 0 aliphatic heterocycles. The molecular weight excluding hydrogens is 220 g/mol. The number of nitrogen functional groups attached to an aromatic ring is 1. The second-order valence-corrected chi connectivity index (χ2v) is 3.60. The van der Waals surface area contributed by atoms with Crippen LogP contribution in [0.1, 0.15) is 0 Å². The van der Waals surface area contributed by atoms with Gasteiger partial charge >= 0.3 is 0 Å². The van der Waals surface area contributed by atoms with Gasteiger partial charge in [-0.2, -0.15) is 0 Å². The number of nitrogens with zero attached hydrogens (tertiary/aromatic N) is 1. The van der Waals surface area contributed by atoms with Gasteiger partial charge in [0, 0.05) is 5.39 Å². The van der Waals surface area contributed by atoms with Gasteiger partial charge in [0.15, 0.2) is 17.1 Å². The van der Waals surface area contributed by atoms with Crippen molar-refractivity contribution in [2.45, 2.75) is 0 Å². The topological polar surface area (TPSA) is 74.4 Å². The minimum Gasteiger partial charge on any atom is -0.493 e. The molecule has 0 aliphatic rings. The van der Waals surface area contributed by atoms with Crippen LogP contribution in [0.5, 0.6) is 5.75 Å². The van der Waals surface area contributed by atoms with Crippen LogP contribution in [0.15, 0.2) is 39.4 Å². The van der Waals surface area contributed by atoms with E-state index in [4.69, 9.17) is 19.4 Å². The van der Waals surface area contributed by atoms with E-state index in [9.17, 15) is 0 Å². The van der Waals surface area contributed by atoms with Gasteiger partial charge in [0.25, 0.3) is 0 Å². The van der Waals surface area contributed by atoms with Crippen molar-refractivity contribution in [2.75, 3.05) is 12.8 Å². The summed E-state index contributed by atoms with van der Waals surface area (Å²) in [6, 6.07) is 7.50. The van der Waals surface area contributed by atoms with E-state index in [0.717, 1.165) is 5.39 Å². The Hall–Kier alpha value is -2.43. The molecule has 0 atom stereocenters. The fraction of sp³-hybridized carbons (Fsp3) is 0.0833. The van der Waals surface area contributed by atoms with Crippen LogP contribution >= 0.6 is 0 Å². The maximum absolute atomic E-state index is 5.72. The maximum Gasteiger partial charge on any atom is 0.224 e. The highest BCUT2D eigenvalue weighted by Crippen LogP contribution is 2.35. The Bertz CT molecular complexity index is 669. The number of hydrogen-bond acceptors (Lipinski definition) is 5. The Morgan fingerprint density at radius 1 is 1.35 bits per heavy atom. The maximum atomic E-state index is 5.72. The molecule has 0 spiro atoms. The predicted octanol–water partition coefficient (Wildman–Crippen LogP) is 2.68. The van der Waals surface area contributed by atoms with Crippen LogP contribution < -0.4 is 10.5 Å². The Kier molecular flexibility index (Phi) is 2.04. The smallest absolute Gasteiger partial charge is 0.224 e. The van der Waals surface area contributed by atoms with Gasteiger partial charge in [-0.1, -0.05) is 17.3 Å². The Balaban J connectivity index is 2.24. The van der Waals surface area contributed by atoms with E-state index in [1.54, 1.807) is 7.11 Å². The number of nitrogens with two attached hydrogens (primary N) is 1. The highest BCUT2D eigenvalue weighted by molar-refractivity contribution is 5.87. The molecule has 5 heteroatoms. The Morgan fingerprint density at radius 2 is 2.24 bits per heavy atom. The van der Waals surface area contributed by atoms with Crippen molar-refractivity contribution in [2.24, 2.45) is 0 Å². The summed E-state index contributed by atoms with van der Waals surface area (Å²) in [5.74, 6) is 1.65. The summed E-state index contributed by atoms with van der Waals surface area (Å²) >= 11 is 0. The quantitative estimate of drug-likeness (QED) is 0.732. The summed E-state index contributed by atoms with van der Waals surface area (Å²) in [5, 5.41) is 4.55. The normalized spacial score (nSPS) is 10.9. The molecule has 0 saturated carbocycles. The van der Waals surface area contributed by atoms with E-state index in [1.807, 2.05) is 24.3 Å². The lowest BCUT2D eigenvalue weighted by atomic mass is 10.2. The molecule has 0 amide bonds. The summed E-state index contributed by atoms with van der Waals surface area (Å²) in [6.07, 6.45) is 1.44. The van der Waals surface area contributed by atoms with Crippen LogP contribution in [0, 0.1) is 0 Å². The zero-order valence-corrected chi connectivity index (χ0v) is 9.14. The van der Waals surface area contributed by atoms with Crippen molar-refractivity contribution in [3.63, 3.8) is 0 Å². The van der Waals surface area contributed by atoms with E-state index in [0.29, 0.717) is 28.5 Å². The van der Waals surface area contributed by atoms with Crippen molar-refractivity contribution in [3.05, 3.63) is 30.5 Å². The lowest BCUT2D eigenvalue weighted by Crippen LogP contribution is -1.82. The van der Waals surface area contributed by atoms with Gasteiger partial charge in [0.05, 0.1) is 13.3 Å². The van der Waals surface area contributed by atoms with E-state index in [2.05, 4.69) is 5.16 Å². The number of para-hydroxylation sites is 1. The van der Waals surface area contributed by atoms with E-state index < -0.39 is 0 Å². The lowest BCUT2D eigenvalue weighted by Gasteiger charge is -1.98. The summed E-state index contributed by atoms with van der Waals surface area (Å²) in [6.45, 7) is 0. The Labute approximate surface area is 96.7 Å². The summed E-state index contributed by atoms with van der Waals surface area (Å²) in [5.41, 5.74) is 6.83. The molecule has 0 bridgehead atoms. The van der Waals surface area contributed by atoms with Crippen LogP contribution in [-0.4, -0.2) is 12.3 Å².